The number of halogens is 5. The molecule has 1 N–H and O–H groups in total. The molecule has 1 aromatic carbocycles. The molecule has 2 aromatic rings. The van der Waals surface area contributed by atoms with Crippen LogP contribution in [0.25, 0.3) is 6.08 Å². The first-order valence-electron chi connectivity index (χ1n) is 11.5. The van der Waals surface area contributed by atoms with Crippen LogP contribution in [0.3, 0.4) is 0 Å². The molecular weight excluding hydrogens is 500 g/mol. The normalized spacial score (nSPS) is 17.4. The van der Waals surface area contributed by atoms with Crippen molar-refractivity contribution in [3.05, 3.63) is 61.9 Å². The van der Waals surface area contributed by atoms with E-state index in [0.29, 0.717) is 59.9 Å². The molecule has 0 aliphatic heterocycles. The van der Waals surface area contributed by atoms with Gasteiger partial charge < -0.3 is 14.7 Å². The Bertz CT molecular complexity index is 1140. The zero-order valence-electron chi connectivity index (χ0n) is 19.9. The molecule has 0 fully saturated rings. The van der Waals surface area contributed by atoms with E-state index < -0.39 is 17.2 Å². The Kier molecular flexibility index (Phi) is 8.43. The van der Waals surface area contributed by atoms with Crippen molar-refractivity contribution in [2.45, 2.75) is 58.0 Å². The Morgan fingerprint density at radius 1 is 1.20 bits per heavy atom. The summed E-state index contributed by atoms with van der Waals surface area (Å²) >= 11 is 13.2. The fraction of sp³-hybridized carbons (Fsp3) is 0.462. The lowest BCUT2D eigenvalue weighted by atomic mass is 9.82. The van der Waals surface area contributed by atoms with Crippen LogP contribution < -0.4 is 5.32 Å². The summed E-state index contributed by atoms with van der Waals surface area (Å²) in [5, 5.41) is 3.55. The first-order valence-corrected chi connectivity index (χ1v) is 12.2. The molecule has 190 valence electrons. The SMILES string of the molecule is CC1CC(C(F)(F)F)=Cc2c1cc(Cc1c(Cl)ccc(CCC(C)(C=O)CCNC=O)c1Cl)n2C. The van der Waals surface area contributed by atoms with Crippen LogP contribution in [0.1, 0.15) is 67.1 Å². The summed E-state index contributed by atoms with van der Waals surface area (Å²) in [5.74, 6) is -0.251. The average molecular weight is 529 g/mol. The van der Waals surface area contributed by atoms with Gasteiger partial charge in [-0.2, -0.15) is 13.2 Å². The Morgan fingerprint density at radius 2 is 1.91 bits per heavy atom. The molecule has 0 saturated carbocycles. The van der Waals surface area contributed by atoms with Crippen LogP contribution in [0.15, 0.2) is 23.8 Å². The molecule has 1 aliphatic rings. The molecule has 4 nitrogen and oxygen atoms in total. The highest BCUT2D eigenvalue weighted by molar-refractivity contribution is 6.36. The zero-order chi connectivity index (χ0) is 26.0. The van der Waals surface area contributed by atoms with Crippen LogP contribution in [-0.2, 0) is 29.5 Å². The van der Waals surface area contributed by atoms with Crippen molar-refractivity contribution in [1.82, 2.24) is 9.88 Å². The molecule has 2 unspecified atom stereocenters. The summed E-state index contributed by atoms with van der Waals surface area (Å²) in [6, 6.07) is 5.53. The standard InChI is InChI=1S/C26H29Cl2F3N2O2/c1-16-10-18(26(29,30)31)11-23-20(16)12-19(33(23)3)13-21-22(27)5-4-17(24(21)28)6-7-25(2,14-34)8-9-32-15-35/h4-5,11-12,14-16H,6-10,13H2,1-3H3,(H,32,35). The predicted molar refractivity (Wildman–Crippen MR) is 133 cm³/mol. The smallest absolute Gasteiger partial charge is 0.359 e. The summed E-state index contributed by atoms with van der Waals surface area (Å²) in [4.78, 5) is 22.2. The van der Waals surface area contributed by atoms with E-state index in [9.17, 15) is 22.8 Å². The molecule has 1 amide bonds. The van der Waals surface area contributed by atoms with Gasteiger partial charge in [0, 0.05) is 52.4 Å². The molecule has 0 bridgehead atoms. The van der Waals surface area contributed by atoms with E-state index in [2.05, 4.69) is 5.32 Å². The average Bonchev–Trinajstić information content (AvgIpc) is 3.11. The minimum Gasteiger partial charge on any atom is -0.359 e. The number of alkyl halides is 3. The molecular formula is C26H29Cl2F3N2O2. The molecule has 3 rings (SSSR count). The van der Waals surface area contributed by atoms with E-state index in [-0.39, 0.29) is 12.3 Å². The zero-order valence-corrected chi connectivity index (χ0v) is 21.4. The van der Waals surface area contributed by atoms with Gasteiger partial charge in [0.15, 0.2) is 0 Å². The molecule has 2 atom stereocenters. The lowest BCUT2D eigenvalue weighted by Crippen LogP contribution is -2.26. The van der Waals surface area contributed by atoms with Gasteiger partial charge in [0.25, 0.3) is 0 Å². The number of hydrogen-bond donors (Lipinski definition) is 1. The number of carbonyl (C=O) groups is 2. The molecule has 1 aromatic heterocycles. The summed E-state index contributed by atoms with van der Waals surface area (Å²) in [5.41, 5.74) is 2.66. The van der Waals surface area contributed by atoms with Crippen molar-refractivity contribution in [2.24, 2.45) is 12.5 Å². The van der Waals surface area contributed by atoms with Crippen molar-refractivity contribution in [2.75, 3.05) is 6.54 Å². The molecule has 9 heteroatoms. The molecule has 0 spiro atoms. The molecule has 35 heavy (non-hydrogen) atoms. The van der Waals surface area contributed by atoms with Crippen LogP contribution in [0.2, 0.25) is 10.0 Å². The third-order valence-corrected chi connectivity index (χ3v) is 7.76. The largest absolute Gasteiger partial charge is 0.412 e. The van der Waals surface area contributed by atoms with E-state index in [1.54, 1.807) is 24.6 Å². The minimum atomic E-state index is -4.35. The maximum atomic E-state index is 13.4. The van der Waals surface area contributed by atoms with Gasteiger partial charge in [0.05, 0.1) is 0 Å². The number of nitrogens with one attached hydrogen (secondary N) is 1. The predicted octanol–water partition coefficient (Wildman–Crippen LogP) is 6.65. The minimum absolute atomic E-state index is 0.0468. The lowest BCUT2D eigenvalue weighted by molar-refractivity contribution is -0.116. The van der Waals surface area contributed by atoms with Crippen LogP contribution in [0.4, 0.5) is 13.2 Å². The number of hydrogen-bond acceptors (Lipinski definition) is 2. The van der Waals surface area contributed by atoms with Crippen LogP contribution in [0.5, 0.6) is 0 Å². The van der Waals surface area contributed by atoms with Gasteiger partial charge in [0.1, 0.15) is 6.29 Å². The van der Waals surface area contributed by atoms with E-state index in [1.165, 1.54) is 6.08 Å². The number of carbonyl (C=O) groups excluding carboxylic acids is 2. The highest BCUT2D eigenvalue weighted by Gasteiger charge is 2.37. The van der Waals surface area contributed by atoms with Crippen molar-refractivity contribution < 1.29 is 22.8 Å². The highest BCUT2D eigenvalue weighted by Crippen LogP contribution is 2.42. The first kappa shape index (κ1) is 27.3. The number of rotatable bonds is 10. The van der Waals surface area contributed by atoms with E-state index in [1.807, 2.05) is 19.1 Å². The summed E-state index contributed by atoms with van der Waals surface area (Å²) in [6.07, 6.45) is 0.303. The van der Waals surface area contributed by atoms with E-state index >= 15 is 0 Å². The Labute approximate surface area is 213 Å². The van der Waals surface area contributed by atoms with Gasteiger partial charge >= 0.3 is 6.18 Å². The van der Waals surface area contributed by atoms with Crippen LogP contribution >= 0.6 is 23.2 Å². The maximum Gasteiger partial charge on any atom is 0.412 e. The number of nitrogens with zero attached hydrogens (tertiary/aromatic N) is 1. The number of fused-ring (bicyclic) bond motifs is 1. The number of aldehydes is 1. The fourth-order valence-electron chi connectivity index (χ4n) is 4.57. The van der Waals surface area contributed by atoms with Gasteiger partial charge in [-0.15, -0.1) is 0 Å². The van der Waals surface area contributed by atoms with Crippen molar-refractivity contribution in [3.8, 4) is 0 Å². The number of benzene rings is 1. The second kappa shape index (κ2) is 10.8. The van der Waals surface area contributed by atoms with Crippen molar-refractivity contribution in [3.63, 3.8) is 0 Å². The van der Waals surface area contributed by atoms with Gasteiger partial charge in [-0.25, -0.2) is 0 Å². The summed E-state index contributed by atoms with van der Waals surface area (Å²) < 4.78 is 41.9. The number of aromatic nitrogens is 1. The third-order valence-electron chi connectivity index (χ3n) is 6.94. The monoisotopic (exact) mass is 528 g/mol. The van der Waals surface area contributed by atoms with Crippen LogP contribution in [0, 0.1) is 5.41 Å². The second-order valence-electron chi connectivity index (χ2n) is 9.58. The second-order valence-corrected chi connectivity index (χ2v) is 10.4. The third kappa shape index (κ3) is 6.12. The first-order chi connectivity index (χ1) is 16.4. The summed E-state index contributed by atoms with van der Waals surface area (Å²) in [7, 11) is 1.76. The number of aryl methyl sites for hydroxylation is 1. The molecule has 0 saturated heterocycles. The number of amides is 1. The van der Waals surface area contributed by atoms with E-state index in [0.717, 1.165) is 23.1 Å². The van der Waals surface area contributed by atoms with Gasteiger partial charge in [-0.3, -0.25) is 4.79 Å². The molecule has 1 heterocycles. The van der Waals surface area contributed by atoms with Gasteiger partial charge in [-0.05, 0) is 66.5 Å². The summed E-state index contributed by atoms with van der Waals surface area (Å²) in [6.45, 7) is 4.05. The van der Waals surface area contributed by atoms with Crippen LogP contribution in [-0.4, -0.2) is 30.0 Å². The van der Waals surface area contributed by atoms with E-state index in [4.69, 9.17) is 23.2 Å². The van der Waals surface area contributed by atoms with Gasteiger partial charge in [0.2, 0.25) is 6.41 Å². The molecule has 1 aliphatic carbocycles. The maximum absolute atomic E-state index is 13.4. The molecule has 0 radical (unpaired) electrons. The Morgan fingerprint density at radius 3 is 2.54 bits per heavy atom. The van der Waals surface area contributed by atoms with Gasteiger partial charge in [-0.1, -0.05) is 43.1 Å². The quantitative estimate of drug-likeness (QED) is 0.277. The number of allylic oxidation sites excluding steroid dienone is 1. The topological polar surface area (TPSA) is 51.1 Å². The van der Waals surface area contributed by atoms with Crippen molar-refractivity contribution >= 4 is 42.0 Å². The Balaban J connectivity index is 1.86. The highest BCUT2D eigenvalue weighted by atomic mass is 35.5. The Hall–Kier alpha value is -2.25. The van der Waals surface area contributed by atoms with Crippen molar-refractivity contribution in [1.29, 1.82) is 0 Å². The lowest BCUT2D eigenvalue weighted by Gasteiger charge is -2.23. The fourth-order valence-corrected chi connectivity index (χ4v) is 5.17.